The molecule has 3 N–H and O–H groups in total. The lowest BCUT2D eigenvalue weighted by molar-refractivity contribution is -0.173. The van der Waals surface area contributed by atoms with Gasteiger partial charge in [-0.1, -0.05) is 17.7 Å². The summed E-state index contributed by atoms with van der Waals surface area (Å²) in [5.41, 5.74) is 1.36. The molecule has 14 nitrogen and oxygen atoms in total. The van der Waals surface area contributed by atoms with Crippen LogP contribution in [-0.2, 0) is 26.1 Å². The van der Waals surface area contributed by atoms with Gasteiger partial charge in [-0.25, -0.2) is 40.9 Å². The third kappa shape index (κ3) is 9.91. The molecule has 1 aliphatic rings. The van der Waals surface area contributed by atoms with Crippen molar-refractivity contribution in [2.24, 2.45) is 0 Å². The van der Waals surface area contributed by atoms with E-state index >= 15 is 4.39 Å². The zero-order valence-corrected chi connectivity index (χ0v) is 30.5. The first-order valence-electron chi connectivity index (χ1n) is 17.3. The molecule has 0 aliphatic heterocycles. The van der Waals surface area contributed by atoms with Gasteiger partial charge >= 0.3 is 12.3 Å². The van der Waals surface area contributed by atoms with Gasteiger partial charge in [-0.05, 0) is 68.5 Å². The van der Waals surface area contributed by atoms with Crippen LogP contribution in [0.1, 0.15) is 47.3 Å². The maximum absolute atomic E-state index is 15.2. The molecule has 1 aromatic carbocycles. The molecule has 1 fully saturated rings. The number of fused-ring (bicyclic) bond motifs is 1. The van der Waals surface area contributed by atoms with Crippen molar-refractivity contribution in [1.82, 2.24) is 34.5 Å². The number of rotatable bonds is 13. The Morgan fingerprint density at radius 3 is 2.54 bits per heavy atom. The van der Waals surface area contributed by atoms with Crippen LogP contribution in [-0.4, -0.2) is 82.3 Å². The van der Waals surface area contributed by atoms with Crippen LogP contribution >= 0.6 is 0 Å². The average molecular weight is 803 g/mol. The van der Waals surface area contributed by atoms with Gasteiger partial charge in [-0.2, -0.15) is 13.2 Å². The Morgan fingerprint density at radius 2 is 1.77 bits per heavy atom. The molecule has 0 bridgehead atoms. The van der Waals surface area contributed by atoms with Crippen LogP contribution in [0.3, 0.4) is 0 Å². The highest BCUT2D eigenvalue weighted by molar-refractivity contribution is 7.90. The standard InChI is InChI=1S/C36H35F5N8O6S/c1-21-5-7-26(8-6-21)56(52,53)49-18-28(27-14-23(37)16-45-33(27)49)31-44-17-29(38)32(48-31)46-24-3-2-4-25(15-24)47-34(50)30-13-22(9-10-42-30)19-55-35(51)43-11-12-54-20-36(39,40)41/h5-10,13-14,16-18,24-25H,2-4,11-12,15,19-20H2,1H3,(H,43,51)(H,47,50)(H,44,46,48)/t24-,25?/m0/s1. The minimum atomic E-state index is -4.47. The van der Waals surface area contributed by atoms with Crippen LogP contribution in [0.5, 0.6) is 0 Å². The fraction of sp³-hybridized carbons (Fsp3) is 0.333. The SMILES string of the molecule is Cc1ccc(S(=O)(=O)n2cc(-c3ncc(F)c(N[C@H]4CCCC(NC(=O)c5cc(COC(=O)NCCOCC(F)(F)F)ccn5)C4)n3)c3cc(F)cnc32)cc1. The van der Waals surface area contributed by atoms with Crippen molar-refractivity contribution < 1.29 is 49.4 Å². The van der Waals surface area contributed by atoms with E-state index in [0.29, 0.717) is 31.2 Å². The van der Waals surface area contributed by atoms with Gasteiger partial charge in [-0.3, -0.25) is 9.78 Å². The van der Waals surface area contributed by atoms with E-state index in [0.717, 1.165) is 28.0 Å². The van der Waals surface area contributed by atoms with Crippen LogP contribution in [0.15, 0.2) is 72.1 Å². The average Bonchev–Trinajstić information content (AvgIpc) is 3.54. The van der Waals surface area contributed by atoms with E-state index < -0.39 is 46.4 Å². The fourth-order valence-electron chi connectivity index (χ4n) is 6.04. The van der Waals surface area contributed by atoms with Crippen molar-refractivity contribution in [2.75, 3.05) is 25.1 Å². The molecular weight excluding hydrogens is 768 g/mol. The molecule has 1 saturated carbocycles. The normalized spacial score (nSPS) is 16.0. The summed E-state index contributed by atoms with van der Waals surface area (Å²) < 4.78 is 104. The first kappa shape index (κ1) is 39.9. The lowest BCUT2D eigenvalue weighted by atomic mass is 9.91. The van der Waals surface area contributed by atoms with Crippen LogP contribution in [0, 0.1) is 18.6 Å². The number of carbonyl (C=O) groups is 2. The molecule has 296 valence electrons. The smallest absolute Gasteiger partial charge is 0.411 e. The van der Waals surface area contributed by atoms with Crippen LogP contribution in [0.2, 0.25) is 0 Å². The van der Waals surface area contributed by atoms with E-state index in [1.165, 1.54) is 36.7 Å². The third-order valence-corrected chi connectivity index (χ3v) is 10.4. The Kier molecular flexibility index (Phi) is 12.1. The number of pyridine rings is 2. The van der Waals surface area contributed by atoms with Gasteiger partial charge in [0.25, 0.3) is 15.9 Å². The number of aromatic nitrogens is 5. The van der Waals surface area contributed by atoms with Gasteiger partial charge in [0.15, 0.2) is 23.1 Å². The van der Waals surface area contributed by atoms with E-state index in [1.807, 2.05) is 6.92 Å². The second-order valence-corrected chi connectivity index (χ2v) is 14.8. The zero-order chi connectivity index (χ0) is 40.0. The molecular formula is C36H35F5N8O6S. The molecule has 4 heterocycles. The number of hydrogen-bond acceptors (Lipinski definition) is 11. The molecule has 0 saturated heterocycles. The Hall–Kier alpha value is -5.76. The number of alkyl halides is 3. The summed E-state index contributed by atoms with van der Waals surface area (Å²) in [7, 11) is -4.18. The molecule has 56 heavy (non-hydrogen) atoms. The monoisotopic (exact) mass is 802 g/mol. The Morgan fingerprint density at radius 1 is 1.00 bits per heavy atom. The van der Waals surface area contributed by atoms with E-state index in [4.69, 9.17) is 4.74 Å². The van der Waals surface area contributed by atoms with Gasteiger partial charge in [0.05, 0.1) is 23.9 Å². The molecule has 5 aromatic rings. The zero-order valence-electron chi connectivity index (χ0n) is 29.6. The van der Waals surface area contributed by atoms with Gasteiger partial charge < -0.3 is 25.4 Å². The van der Waals surface area contributed by atoms with E-state index in [-0.39, 0.29) is 70.7 Å². The van der Waals surface area contributed by atoms with E-state index in [9.17, 15) is 35.6 Å². The molecule has 2 amide bonds. The molecule has 4 aromatic heterocycles. The van der Waals surface area contributed by atoms with Gasteiger partial charge in [0, 0.05) is 42.0 Å². The van der Waals surface area contributed by atoms with Crippen LogP contribution < -0.4 is 16.0 Å². The highest BCUT2D eigenvalue weighted by Crippen LogP contribution is 2.32. The van der Waals surface area contributed by atoms with Gasteiger partial charge in [-0.15, -0.1) is 0 Å². The molecule has 1 unspecified atom stereocenters. The molecule has 2 atom stereocenters. The molecule has 6 rings (SSSR count). The highest BCUT2D eigenvalue weighted by atomic mass is 32.2. The quantitative estimate of drug-likeness (QED) is 0.0987. The van der Waals surface area contributed by atoms with E-state index in [2.05, 4.69) is 40.6 Å². The van der Waals surface area contributed by atoms with Crippen molar-refractivity contribution in [3.8, 4) is 11.4 Å². The summed E-state index contributed by atoms with van der Waals surface area (Å²) in [6.45, 7) is -0.430. The molecule has 1 aliphatic carbocycles. The summed E-state index contributed by atoms with van der Waals surface area (Å²) in [6.07, 6.45) is 1.30. The predicted octanol–water partition coefficient (Wildman–Crippen LogP) is 5.67. The Balaban J connectivity index is 1.09. The highest BCUT2D eigenvalue weighted by Gasteiger charge is 2.29. The number of nitrogens with zero attached hydrogens (tertiary/aromatic N) is 5. The number of nitrogens with one attached hydrogen (secondary N) is 3. The number of hydrogen-bond donors (Lipinski definition) is 3. The molecule has 20 heteroatoms. The topological polar surface area (TPSA) is 179 Å². The minimum Gasteiger partial charge on any atom is -0.445 e. The number of anilines is 1. The largest absolute Gasteiger partial charge is 0.445 e. The van der Waals surface area contributed by atoms with Gasteiger partial charge in [0.1, 0.15) is 24.7 Å². The van der Waals surface area contributed by atoms with Crippen molar-refractivity contribution in [1.29, 1.82) is 0 Å². The number of carbonyl (C=O) groups excluding carboxylic acids is 2. The Labute approximate surface area is 316 Å². The summed E-state index contributed by atoms with van der Waals surface area (Å²) >= 11 is 0. The maximum Gasteiger partial charge on any atom is 0.411 e. The fourth-order valence-corrected chi connectivity index (χ4v) is 7.37. The number of halogens is 5. The van der Waals surface area contributed by atoms with Crippen molar-refractivity contribution >= 4 is 38.9 Å². The first-order chi connectivity index (χ1) is 26.7. The summed E-state index contributed by atoms with van der Waals surface area (Å²) in [4.78, 5) is 41.6. The number of benzene rings is 1. The summed E-state index contributed by atoms with van der Waals surface area (Å²) in [6, 6.07) is 9.54. The lowest BCUT2D eigenvalue weighted by Crippen LogP contribution is -2.42. The first-order valence-corrected chi connectivity index (χ1v) is 18.7. The van der Waals surface area contributed by atoms with Gasteiger partial charge in [0.2, 0.25) is 0 Å². The molecule has 0 spiro atoms. The number of aryl methyl sites for hydroxylation is 1. The third-order valence-electron chi connectivity index (χ3n) is 8.70. The molecule has 0 radical (unpaired) electrons. The maximum atomic E-state index is 15.2. The van der Waals surface area contributed by atoms with Crippen LogP contribution in [0.4, 0.5) is 32.6 Å². The number of alkyl carbamates (subject to hydrolysis) is 1. The second kappa shape index (κ2) is 16.9. The minimum absolute atomic E-state index is 0.0201. The summed E-state index contributed by atoms with van der Waals surface area (Å²) in [5.74, 6) is -2.27. The second-order valence-electron chi connectivity index (χ2n) is 13.0. The Bertz CT molecular complexity index is 2330. The van der Waals surface area contributed by atoms with Crippen molar-refractivity contribution in [3.05, 3.63) is 95.7 Å². The predicted molar refractivity (Wildman–Crippen MR) is 191 cm³/mol. The van der Waals surface area contributed by atoms with Crippen molar-refractivity contribution in [3.63, 3.8) is 0 Å². The summed E-state index contributed by atoms with van der Waals surface area (Å²) in [5, 5.41) is 8.36. The lowest BCUT2D eigenvalue weighted by Gasteiger charge is -2.30. The van der Waals surface area contributed by atoms with E-state index in [1.54, 1.807) is 12.1 Å². The van der Waals surface area contributed by atoms with Crippen molar-refractivity contribution in [2.45, 2.75) is 62.4 Å². The number of amides is 2. The van der Waals surface area contributed by atoms with Crippen LogP contribution in [0.25, 0.3) is 22.4 Å². The number of ether oxygens (including phenoxy) is 2.